The number of benzene rings is 3. The van der Waals surface area contributed by atoms with Crippen molar-refractivity contribution >= 4 is 29.2 Å². The molecule has 1 aliphatic carbocycles. The highest BCUT2D eigenvalue weighted by molar-refractivity contribution is 6.30. The molecule has 6 rings (SSSR count). The Morgan fingerprint density at radius 2 is 1.77 bits per heavy atom. The molecule has 2 saturated heterocycles. The Kier molecular flexibility index (Phi) is 7.65. The first-order valence-electron chi connectivity index (χ1n) is 14.4. The number of rotatable bonds is 5. The number of aryl methyl sites for hydroxylation is 1. The van der Waals surface area contributed by atoms with Crippen molar-refractivity contribution in [1.29, 1.82) is 0 Å². The zero-order valence-corrected chi connectivity index (χ0v) is 23.8. The van der Waals surface area contributed by atoms with E-state index in [-0.39, 0.29) is 17.9 Å². The zero-order chi connectivity index (χ0) is 27.7. The Morgan fingerprint density at radius 3 is 2.55 bits per heavy atom. The second kappa shape index (κ2) is 11.3. The predicted octanol–water partition coefficient (Wildman–Crippen LogP) is 7.75. The van der Waals surface area contributed by atoms with Gasteiger partial charge in [-0.3, -0.25) is 20.1 Å². The number of hydrogen-bond donors (Lipinski definition) is 1. The summed E-state index contributed by atoms with van der Waals surface area (Å²) in [5, 5.41) is 3.85. The number of carbonyl (C=O) groups is 1. The Morgan fingerprint density at radius 1 is 1.00 bits per heavy atom. The molecule has 0 radical (unpaired) electrons. The van der Waals surface area contributed by atoms with Gasteiger partial charge < -0.3 is 0 Å². The number of carbonyl (C=O) groups excluding carboxylic acids is 1. The molecule has 3 aliphatic rings. The Bertz CT molecular complexity index is 1430. The molecule has 0 unspecified atom stereocenters. The summed E-state index contributed by atoms with van der Waals surface area (Å²) in [6.07, 6.45) is 7.20. The Hall–Kier alpha value is -3.22. The summed E-state index contributed by atoms with van der Waals surface area (Å²) in [5.41, 5.74) is 4.75. The van der Waals surface area contributed by atoms with Gasteiger partial charge in [-0.1, -0.05) is 61.2 Å². The summed E-state index contributed by atoms with van der Waals surface area (Å²) in [7, 11) is 0. The fourth-order valence-corrected chi connectivity index (χ4v) is 6.81. The molecule has 1 spiro atoms. The molecule has 0 bridgehead atoms. The molecule has 1 N–H and O–H groups in total. The summed E-state index contributed by atoms with van der Waals surface area (Å²) < 4.78 is 14.3. The molecule has 5 nitrogen and oxygen atoms in total. The van der Waals surface area contributed by atoms with Gasteiger partial charge in [0.25, 0.3) is 0 Å². The Labute approximate surface area is 241 Å². The lowest BCUT2D eigenvalue weighted by Crippen LogP contribution is -2.57. The first kappa shape index (κ1) is 27.0. The molecular formula is C33H36ClFN4O. The van der Waals surface area contributed by atoms with Crippen LogP contribution in [0.5, 0.6) is 0 Å². The minimum atomic E-state index is -0.585. The summed E-state index contributed by atoms with van der Waals surface area (Å²) >= 11 is 6.30. The fraction of sp³-hybridized carbons (Fsp3) is 0.394. The zero-order valence-electron chi connectivity index (χ0n) is 23.0. The van der Waals surface area contributed by atoms with E-state index in [4.69, 9.17) is 16.6 Å². The van der Waals surface area contributed by atoms with Gasteiger partial charge in [-0.25, -0.2) is 9.18 Å². The second-order valence-corrected chi connectivity index (χ2v) is 11.9. The van der Waals surface area contributed by atoms with Crippen molar-refractivity contribution in [3.63, 3.8) is 0 Å². The predicted molar refractivity (Wildman–Crippen MR) is 161 cm³/mol. The molecular weight excluding hydrogens is 523 g/mol. The summed E-state index contributed by atoms with van der Waals surface area (Å²) in [6, 6.07) is 21.1. The number of halogens is 2. The highest BCUT2D eigenvalue weighted by Crippen LogP contribution is 2.39. The largest absolute Gasteiger partial charge is 0.328 e. The van der Waals surface area contributed by atoms with Crippen LogP contribution in [-0.4, -0.2) is 41.4 Å². The van der Waals surface area contributed by atoms with Crippen LogP contribution in [0.15, 0.2) is 71.7 Å². The van der Waals surface area contributed by atoms with Crippen molar-refractivity contribution in [3.05, 3.63) is 88.7 Å². The summed E-state index contributed by atoms with van der Waals surface area (Å²) in [5.74, 6) is 0.428. The van der Waals surface area contributed by atoms with Crippen LogP contribution in [0.1, 0.15) is 56.1 Å². The average molecular weight is 559 g/mol. The number of urea groups is 1. The van der Waals surface area contributed by atoms with Crippen molar-refractivity contribution in [3.8, 4) is 11.1 Å². The quantitative estimate of drug-likeness (QED) is 0.348. The van der Waals surface area contributed by atoms with Crippen molar-refractivity contribution in [2.45, 2.75) is 70.0 Å². The minimum absolute atomic E-state index is 0.210. The van der Waals surface area contributed by atoms with Gasteiger partial charge in [0.05, 0.1) is 6.04 Å². The molecule has 3 fully saturated rings. The average Bonchev–Trinajstić information content (AvgIpc) is 3.21. The van der Waals surface area contributed by atoms with Crippen molar-refractivity contribution < 1.29 is 9.18 Å². The molecule has 1 saturated carbocycles. The van der Waals surface area contributed by atoms with E-state index in [1.54, 1.807) is 11.0 Å². The van der Waals surface area contributed by atoms with E-state index in [2.05, 4.69) is 47.5 Å². The van der Waals surface area contributed by atoms with Gasteiger partial charge in [0.2, 0.25) is 0 Å². The van der Waals surface area contributed by atoms with Crippen molar-refractivity contribution in [2.24, 2.45) is 4.99 Å². The molecule has 2 heterocycles. The van der Waals surface area contributed by atoms with E-state index in [1.807, 2.05) is 18.2 Å². The van der Waals surface area contributed by atoms with Crippen LogP contribution in [-0.2, 0) is 6.54 Å². The number of anilines is 1. The maximum Gasteiger partial charge on any atom is 0.328 e. The third-order valence-electron chi connectivity index (χ3n) is 8.78. The van der Waals surface area contributed by atoms with Crippen LogP contribution in [0.25, 0.3) is 11.1 Å². The van der Waals surface area contributed by atoms with Gasteiger partial charge in [-0.05, 0) is 91.3 Å². The molecule has 2 aliphatic heterocycles. The molecule has 3 aromatic rings. The third-order valence-corrected chi connectivity index (χ3v) is 9.01. The standard InChI is InChI=1S/C33H36ClFN4O/c1-23-13-14-26(34)20-30(23)25-8-5-7-24(19-25)22-38-17-15-33(16-18-38)31(36-28-10-3-2-4-11-28)37-32(40)39(33)29-12-6-9-27(35)21-29/h5-9,12-14,19-21,28H,2-4,10-11,15-18,22H2,1H3,(H,36,37,40). The first-order chi connectivity index (χ1) is 19.4. The van der Waals surface area contributed by atoms with Crippen LogP contribution in [0, 0.1) is 12.7 Å². The fourth-order valence-electron chi connectivity index (χ4n) is 6.64. The number of amides is 2. The lowest BCUT2D eigenvalue weighted by Gasteiger charge is -2.44. The van der Waals surface area contributed by atoms with Gasteiger partial charge in [0.1, 0.15) is 17.2 Å². The number of nitrogens with one attached hydrogen (secondary N) is 1. The van der Waals surface area contributed by atoms with E-state index in [1.165, 1.54) is 42.5 Å². The highest BCUT2D eigenvalue weighted by Gasteiger charge is 2.53. The van der Waals surface area contributed by atoms with Gasteiger partial charge in [0, 0.05) is 30.3 Å². The molecule has 0 atom stereocenters. The highest BCUT2D eigenvalue weighted by atomic mass is 35.5. The van der Waals surface area contributed by atoms with E-state index in [0.29, 0.717) is 5.69 Å². The number of piperidine rings is 1. The number of hydrogen-bond acceptors (Lipinski definition) is 3. The lowest BCUT2D eigenvalue weighted by molar-refractivity contribution is 0.184. The number of likely N-dealkylation sites (tertiary alicyclic amines) is 1. The van der Waals surface area contributed by atoms with Crippen LogP contribution in [0.2, 0.25) is 5.02 Å². The van der Waals surface area contributed by atoms with E-state index in [0.717, 1.165) is 67.3 Å². The maximum atomic E-state index is 14.3. The molecule has 40 heavy (non-hydrogen) atoms. The molecule has 208 valence electrons. The topological polar surface area (TPSA) is 47.9 Å². The maximum absolute atomic E-state index is 14.3. The van der Waals surface area contributed by atoms with Crippen LogP contribution >= 0.6 is 11.6 Å². The monoisotopic (exact) mass is 558 g/mol. The molecule has 7 heteroatoms. The van der Waals surface area contributed by atoms with E-state index < -0.39 is 5.54 Å². The van der Waals surface area contributed by atoms with E-state index in [9.17, 15) is 9.18 Å². The van der Waals surface area contributed by atoms with Crippen LogP contribution < -0.4 is 10.2 Å². The summed E-state index contributed by atoms with van der Waals surface area (Å²) in [4.78, 5) is 22.8. The molecule has 0 aromatic heterocycles. The van der Waals surface area contributed by atoms with Crippen molar-refractivity contribution in [2.75, 3.05) is 18.0 Å². The smallest absolute Gasteiger partial charge is 0.299 e. The van der Waals surface area contributed by atoms with Gasteiger partial charge in [-0.2, -0.15) is 0 Å². The Balaban J connectivity index is 1.25. The summed E-state index contributed by atoms with van der Waals surface area (Å²) in [6.45, 7) is 4.55. The second-order valence-electron chi connectivity index (χ2n) is 11.5. The van der Waals surface area contributed by atoms with E-state index >= 15 is 0 Å². The van der Waals surface area contributed by atoms with Crippen molar-refractivity contribution in [1.82, 2.24) is 10.2 Å². The SMILES string of the molecule is Cc1ccc(Cl)cc1-c1cccc(CN2CCC3(CC2)C(=NC2CCCCC2)NC(=O)N3c2cccc(F)c2)c1. The molecule has 2 amide bonds. The molecule has 3 aromatic carbocycles. The number of aliphatic imine (C=N–C) groups is 1. The van der Waals surface area contributed by atoms with Gasteiger partial charge >= 0.3 is 6.03 Å². The normalized spacial score (nSPS) is 20.8. The number of amidine groups is 1. The van der Waals surface area contributed by atoms with Gasteiger partial charge in [0.15, 0.2) is 0 Å². The lowest BCUT2D eigenvalue weighted by atomic mass is 9.84. The van der Waals surface area contributed by atoms with Gasteiger partial charge in [-0.15, -0.1) is 0 Å². The van der Waals surface area contributed by atoms with Crippen LogP contribution in [0.3, 0.4) is 0 Å². The minimum Gasteiger partial charge on any atom is -0.299 e. The third kappa shape index (κ3) is 5.39. The first-order valence-corrected chi connectivity index (χ1v) is 14.8. The van der Waals surface area contributed by atoms with Crippen LogP contribution in [0.4, 0.5) is 14.9 Å². The number of nitrogens with zero attached hydrogens (tertiary/aromatic N) is 3.